The fourth-order valence-corrected chi connectivity index (χ4v) is 2.79. The molecule has 2 aromatic carbocycles. The van der Waals surface area contributed by atoms with E-state index >= 15 is 0 Å². The largest absolute Gasteiger partial charge is 0.497 e. The Morgan fingerprint density at radius 1 is 0.964 bits per heavy atom. The van der Waals surface area contributed by atoms with Crippen molar-refractivity contribution in [1.29, 1.82) is 5.26 Å². The summed E-state index contributed by atoms with van der Waals surface area (Å²) in [5.41, 5.74) is 1.20. The molecule has 0 fully saturated rings. The van der Waals surface area contributed by atoms with Crippen molar-refractivity contribution in [2.45, 2.75) is 32.4 Å². The summed E-state index contributed by atoms with van der Waals surface area (Å²) in [6.45, 7) is 5.65. The van der Waals surface area contributed by atoms with Gasteiger partial charge in [-0.25, -0.2) is 0 Å². The molecular formula is C23H30N2O3. The third kappa shape index (κ3) is 8.43. The van der Waals surface area contributed by atoms with Gasteiger partial charge in [-0.3, -0.25) is 4.90 Å². The normalized spacial score (nSPS) is 11.8. The molecule has 1 atom stereocenters. The van der Waals surface area contributed by atoms with Gasteiger partial charge < -0.3 is 14.2 Å². The van der Waals surface area contributed by atoms with Gasteiger partial charge in [-0.1, -0.05) is 30.3 Å². The van der Waals surface area contributed by atoms with Crippen molar-refractivity contribution in [2.75, 3.05) is 33.4 Å². The molecular weight excluding hydrogens is 352 g/mol. The van der Waals surface area contributed by atoms with Gasteiger partial charge in [0.1, 0.15) is 11.5 Å². The highest BCUT2D eigenvalue weighted by Crippen LogP contribution is 2.13. The van der Waals surface area contributed by atoms with Gasteiger partial charge in [0, 0.05) is 32.5 Å². The number of nitrogens with zero attached hydrogens (tertiary/aromatic N) is 2. The summed E-state index contributed by atoms with van der Waals surface area (Å²) in [6, 6.07) is 20.1. The Morgan fingerprint density at radius 3 is 2.39 bits per heavy atom. The number of rotatable bonds is 13. The summed E-state index contributed by atoms with van der Waals surface area (Å²) in [5, 5.41) is 8.92. The van der Waals surface area contributed by atoms with Gasteiger partial charge in [0.05, 0.1) is 32.5 Å². The van der Waals surface area contributed by atoms with Gasteiger partial charge in [0.2, 0.25) is 0 Å². The standard InChI is InChI=1S/C23H30N2O3/c1-20(13-17-28-23-7-4-3-5-8-23)27-18-16-25(15-6-14-24)19-21-9-11-22(26-2)12-10-21/h3-5,7-12,20H,6,13,15-19H2,1-2H3/t20-/m0/s1. The average molecular weight is 383 g/mol. The minimum Gasteiger partial charge on any atom is -0.497 e. The SMILES string of the molecule is COc1ccc(CN(CCC#N)CCO[C@@H](C)CCOc2ccccc2)cc1. The summed E-state index contributed by atoms with van der Waals surface area (Å²) in [4.78, 5) is 2.25. The van der Waals surface area contributed by atoms with Crippen molar-refractivity contribution < 1.29 is 14.2 Å². The predicted molar refractivity (Wildman–Crippen MR) is 110 cm³/mol. The molecule has 28 heavy (non-hydrogen) atoms. The van der Waals surface area contributed by atoms with E-state index in [0.717, 1.165) is 37.6 Å². The van der Waals surface area contributed by atoms with E-state index in [0.29, 0.717) is 19.6 Å². The molecule has 0 amide bonds. The number of methoxy groups -OCH3 is 1. The second-order valence-electron chi connectivity index (χ2n) is 6.66. The van der Waals surface area contributed by atoms with Crippen LogP contribution in [-0.2, 0) is 11.3 Å². The number of ether oxygens (including phenoxy) is 3. The van der Waals surface area contributed by atoms with Crippen molar-refractivity contribution in [3.8, 4) is 17.6 Å². The van der Waals surface area contributed by atoms with Crippen LogP contribution in [0.3, 0.4) is 0 Å². The lowest BCUT2D eigenvalue weighted by atomic mass is 10.2. The van der Waals surface area contributed by atoms with E-state index in [-0.39, 0.29) is 6.10 Å². The first-order valence-electron chi connectivity index (χ1n) is 9.73. The zero-order valence-electron chi connectivity index (χ0n) is 16.8. The molecule has 0 saturated heterocycles. The third-order valence-electron chi connectivity index (χ3n) is 4.45. The molecule has 0 unspecified atom stereocenters. The quantitative estimate of drug-likeness (QED) is 0.517. The Bertz CT molecular complexity index is 698. The van der Waals surface area contributed by atoms with Crippen LogP contribution in [0.2, 0.25) is 0 Å². The van der Waals surface area contributed by atoms with E-state index in [1.165, 1.54) is 5.56 Å². The first-order valence-corrected chi connectivity index (χ1v) is 9.73. The second-order valence-corrected chi connectivity index (χ2v) is 6.66. The molecule has 0 spiro atoms. The Hall–Kier alpha value is -2.55. The molecule has 2 aromatic rings. The van der Waals surface area contributed by atoms with Crippen molar-refractivity contribution >= 4 is 0 Å². The van der Waals surface area contributed by atoms with Crippen LogP contribution in [0.4, 0.5) is 0 Å². The summed E-state index contributed by atoms with van der Waals surface area (Å²) >= 11 is 0. The van der Waals surface area contributed by atoms with E-state index < -0.39 is 0 Å². The van der Waals surface area contributed by atoms with Crippen molar-refractivity contribution in [3.63, 3.8) is 0 Å². The van der Waals surface area contributed by atoms with Gasteiger partial charge in [0.15, 0.2) is 0 Å². The highest BCUT2D eigenvalue weighted by molar-refractivity contribution is 5.27. The van der Waals surface area contributed by atoms with Crippen LogP contribution in [-0.4, -0.2) is 44.4 Å². The minimum atomic E-state index is 0.127. The third-order valence-corrected chi connectivity index (χ3v) is 4.45. The summed E-state index contributed by atoms with van der Waals surface area (Å²) in [5.74, 6) is 1.74. The Kier molecular flexibility index (Phi) is 9.92. The molecule has 2 rings (SSSR count). The van der Waals surface area contributed by atoms with Crippen LogP contribution in [0.15, 0.2) is 54.6 Å². The lowest BCUT2D eigenvalue weighted by Gasteiger charge is -2.22. The van der Waals surface area contributed by atoms with Crippen molar-refractivity contribution in [2.24, 2.45) is 0 Å². The van der Waals surface area contributed by atoms with Crippen LogP contribution < -0.4 is 9.47 Å². The Balaban J connectivity index is 1.70. The van der Waals surface area contributed by atoms with Gasteiger partial charge in [-0.2, -0.15) is 5.26 Å². The van der Waals surface area contributed by atoms with Gasteiger partial charge in [-0.05, 0) is 36.8 Å². The summed E-state index contributed by atoms with van der Waals surface area (Å²) < 4.78 is 16.9. The molecule has 5 nitrogen and oxygen atoms in total. The zero-order valence-corrected chi connectivity index (χ0v) is 16.8. The highest BCUT2D eigenvalue weighted by Gasteiger charge is 2.09. The first kappa shape index (κ1) is 21.7. The topological polar surface area (TPSA) is 54.7 Å². The molecule has 0 saturated carbocycles. The van der Waals surface area contributed by atoms with E-state index in [1.807, 2.05) is 42.5 Å². The first-order chi connectivity index (χ1) is 13.7. The van der Waals surface area contributed by atoms with E-state index in [4.69, 9.17) is 19.5 Å². The molecule has 0 heterocycles. The molecule has 0 bridgehead atoms. The summed E-state index contributed by atoms with van der Waals surface area (Å²) in [6.07, 6.45) is 1.48. The lowest BCUT2D eigenvalue weighted by Crippen LogP contribution is -2.29. The van der Waals surface area contributed by atoms with E-state index in [1.54, 1.807) is 7.11 Å². The molecule has 0 aliphatic heterocycles. The molecule has 0 aliphatic carbocycles. The second kappa shape index (κ2) is 12.8. The molecule has 0 aliphatic rings. The Morgan fingerprint density at radius 2 is 1.71 bits per heavy atom. The number of hydrogen-bond donors (Lipinski definition) is 0. The van der Waals surface area contributed by atoms with Gasteiger partial charge >= 0.3 is 0 Å². The maximum Gasteiger partial charge on any atom is 0.119 e. The molecule has 5 heteroatoms. The molecule has 0 aromatic heterocycles. The summed E-state index contributed by atoms with van der Waals surface area (Å²) in [7, 11) is 1.66. The van der Waals surface area contributed by atoms with Gasteiger partial charge in [0.25, 0.3) is 0 Å². The number of hydrogen-bond acceptors (Lipinski definition) is 5. The maximum absolute atomic E-state index is 8.92. The monoisotopic (exact) mass is 382 g/mol. The Labute approximate surface area is 168 Å². The molecule has 150 valence electrons. The highest BCUT2D eigenvalue weighted by atomic mass is 16.5. The molecule has 0 N–H and O–H groups in total. The predicted octanol–water partition coefficient (Wildman–Crippen LogP) is 4.29. The smallest absolute Gasteiger partial charge is 0.119 e. The lowest BCUT2D eigenvalue weighted by molar-refractivity contribution is 0.0349. The fraction of sp³-hybridized carbons (Fsp3) is 0.435. The fourth-order valence-electron chi connectivity index (χ4n) is 2.79. The maximum atomic E-state index is 8.92. The zero-order chi connectivity index (χ0) is 20.0. The van der Waals surface area contributed by atoms with Crippen molar-refractivity contribution in [3.05, 3.63) is 60.2 Å². The van der Waals surface area contributed by atoms with E-state index in [2.05, 4.69) is 30.0 Å². The number of para-hydroxylation sites is 1. The van der Waals surface area contributed by atoms with Crippen molar-refractivity contribution in [1.82, 2.24) is 4.90 Å². The van der Waals surface area contributed by atoms with Crippen LogP contribution in [0.1, 0.15) is 25.3 Å². The molecule has 0 radical (unpaired) electrons. The number of nitriles is 1. The number of benzene rings is 2. The van der Waals surface area contributed by atoms with Crippen LogP contribution in [0.5, 0.6) is 11.5 Å². The minimum absolute atomic E-state index is 0.127. The van der Waals surface area contributed by atoms with Gasteiger partial charge in [-0.15, -0.1) is 0 Å². The van der Waals surface area contributed by atoms with E-state index in [9.17, 15) is 0 Å². The average Bonchev–Trinajstić information content (AvgIpc) is 2.73. The van der Waals surface area contributed by atoms with Crippen LogP contribution in [0, 0.1) is 11.3 Å². The van der Waals surface area contributed by atoms with Crippen LogP contribution >= 0.6 is 0 Å². The van der Waals surface area contributed by atoms with Crippen LogP contribution in [0.25, 0.3) is 0 Å².